The van der Waals surface area contributed by atoms with Crippen LogP contribution >= 0.6 is 12.4 Å². The molecule has 1 saturated heterocycles. The minimum atomic E-state index is -0.359. The first-order chi connectivity index (χ1) is 10.1. The van der Waals surface area contributed by atoms with Crippen LogP contribution < -0.4 is 10.1 Å². The van der Waals surface area contributed by atoms with E-state index in [0.29, 0.717) is 12.3 Å². The highest BCUT2D eigenvalue weighted by atomic mass is 35.5. The van der Waals surface area contributed by atoms with Gasteiger partial charge in [-0.05, 0) is 57.8 Å². The van der Waals surface area contributed by atoms with Gasteiger partial charge >= 0.3 is 6.09 Å². The molecule has 1 amide bonds. The number of nitrogens with one attached hydrogen (secondary N) is 1. The number of likely N-dealkylation sites (tertiary alicyclic amines) is 1. The van der Waals surface area contributed by atoms with Crippen LogP contribution in [0, 0.1) is 20.8 Å². The smallest absolute Gasteiger partial charge is 0.410 e. The Balaban J connectivity index is 0.00000242. The first-order valence-corrected chi connectivity index (χ1v) is 7.82. The third-order valence-electron chi connectivity index (χ3n) is 3.95. The fraction of sp³-hybridized carbons (Fsp3) is 0.588. The molecule has 0 saturated carbocycles. The predicted octanol–water partition coefficient (Wildman–Crippen LogP) is 3.61. The van der Waals surface area contributed by atoms with Gasteiger partial charge < -0.3 is 15.0 Å². The summed E-state index contributed by atoms with van der Waals surface area (Å²) in [5.41, 5.74) is 3.18. The van der Waals surface area contributed by atoms with Crippen molar-refractivity contribution >= 4 is 18.5 Å². The van der Waals surface area contributed by atoms with Gasteiger partial charge in [0.15, 0.2) is 0 Å². The number of carbonyl (C=O) groups excluding carboxylic acids is 1. The number of ether oxygens (including phenoxy) is 1. The van der Waals surface area contributed by atoms with E-state index in [9.17, 15) is 4.79 Å². The number of benzene rings is 1. The van der Waals surface area contributed by atoms with Crippen LogP contribution in [0.1, 0.15) is 36.0 Å². The molecule has 0 bridgehead atoms. The SMILES string of the molecule is Cc1cc(C)c(OC(=O)NCCN2CCCCC2)c(C)c1.Cl. The monoisotopic (exact) mass is 326 g/mol. The van der Waals surface area contributed by atoms with E-state index in [2.05, 4.69) is 10.2 Å². The van der Waals surface area contributed by atoms with Crippen molar-refractivity contribution in [3.05, 3.63) is 28.8 Å². The maximum Gasteiger partial charge on any atom is 0.412 e. The lowest BCUT2D eigenvalue weighted by Crippen LogP contribution is -2.38. The van der Waals surface area contributed by atoms with Crippen molar-refractivity contribution < 1.29 is 9.53 Å². The molecule has 1 heterocycles. The average molecular weight is 327 g/mol. The molecule has 0 unspecified atom stereocenters. The molecule has 0 aromatic heterocycles. The lowest BCUT2D eigenvalue weighted by Gasteiger charge is -2.26. The number of rotatable bonds is 4. The molecule has 1 aromatic carbocycles. The van der Waals surface area contributed by atoms with E-state index in [1.54, 1.807) is 0 Å². The highest BCUT2D eigenvalue weighted by Crippen LogP contribution is 2.24. The summed E-state index contributed by atoms with van der Waals surface area (Å²) in [4.78, 5) is 14.3. The summed E-state index contributed by atoms with van der Waals surface area (Å²) in [5.74, 6) is 0.677. The van der Waals surface area contributed by atoms with Crippen molar-refractivity contribution in [3.8, 4) is 5.75 Å². The summed E-state index contributed by atoms with van der Waals surface area (Å²) >= 11 is 0. The molecule has 4 nitrogen and oxygen atoms in total. The number of nitrogens with zero attached hydrogens (tertiary/aromatic N) is 1. The standard InChI is InChI=1S/C17H26N2O2.ClH/c1-13-11-14(2)16(15(3)12-13)21-17(20)18-7-10-19-8-5-4-6-9-19;/h11-12H,4-10H2,1-3H3,(H,18,20);1H. The zero-order valence-corrected chi connectivity index (χ0v) is 14.6. The lowest BCUT2D eigenvalue weighted by atomic mass is 10.1. The van der Waals surface area contributed by atoms with Crippen molar-refractivity contribution in [3.63, 3.8) is 0 Å². The third kappa shape index (κ3) is 5.50. The van der Waals surface area contributed by atoms with Gasteiger partial charge in [-0.15, -0.1) is 12.4 Å². The van der Waals surface area contributed by atoms with E-state index in [-0.39, 0.29) is 18.5 Å². The zero-order valence-electron chi connectivity index (χ0n) is 13.8. The predicted molar refractivity (Wildman–Crippen MR) is 92.2 cm³/mol. The van der Waals surface area contributed by atoms with E-state index in [0.717, 1.165) is 30.8 Å². The highest BCUT2D eigenvalue weighted by molar-refractivity contribution is 5.85. The Morgan fingerprint density at radius 1 is 1.14 bits per heavy atom. The zero-order chi connectivity index (χ0) is 15.2. The van der Waals surface area contributed by atoms with E-state index in [4.69, 9.17) is 4.74 Å². The van der Waals surface area contributed by atoms with Crippen LogP contribution in [0.25, 0.3) is 0 Å². The topological polar surface area (TPSA) is 41.6 Å². The van der Waals surface area contributed by atoms with Crippen molar-refractivity contribution in [1.82, 2.24) is 10.2 Å². The number of piperidine rings is 1. The first-order valence-electron chi connectivity index (χ1n) is 7.82. The summed E-state index contributed by atoms with van der Waals surface area (Å²) in [6, 6.07) is 4.06. The molecular weight excluding hydrogens is 300 g/mol. The van der Waals surface area contributed by atoms with Crippen molar-refractivity contribution in [2.45, 2.75) is 40.0 Å². The van der Waals surface area contributed by atoms with Crippen molar-refractivity contribution in [2.75, 3.05) is 26.2 Å². The maximum absolute atomic E-state index is 11.9. The van der Waals surface area contributed by atoms with E-state index >= 15 is 0 Å². The van der Waals surface area contributed by atoms with Gasteiger partial charge in [-0.2, -0.15) is 0 Å². The molecule has 1 aliphatic heterocycles. The molecule has 0 spiro atoms. The minimum Gasteiger partial charge on any atom is -0.410 e. The Morgan fingerprint density at radius 2 is 1.73 bits per heavy atom. The molecule has 2 rings (SSSR count). The molecule has 0 atom stereocenters. The third-order valence-corrected chi connectivity index (χ3v) is 3.95. The number of aryl methyl sites for hydroxylation is 3. The maximum atomic E-state index is 11.9. The van der Waals surface area contributed by atoms with Gasteiger partial charge in [0.05, 0.1) is 0 Å². The number of hydrogen-bond donors (Lipinski definition) is 1. The molecule has 1 aliphatic rings. The van der Waals surface area contributed by atoms with Crippen LogP contribution in [0.4, 0.5) is 4.79 Å². The van der Waals surface area contributed by atoms with Gasteiger partial charge in [0.2, 0.25) is 0 Å². The Bertz CT molecular complexity index is 476. The lowest BCUT2D eigenvalue weighted by molar-refractivity contribution is 0.192. The van der Waals surface area contributed by atoms with E-state index in [1.807, 2.05) is 32.9 Å². The molecule has 1 N–H and O–H groups in total. The molecule has 0 radical (unpaired) electrons. The number of carbonyl (C=O) groups is 1. The van der Waals surface area contributed by atoms with Gasteiger partial charge in [0.25, 0.3) is 0 Å². The van der Waals surface area contributed by atoms with Crippen LogP contribution in [0.15, 0.2) is 12.1 Å². The van der Waals surface area contributed by atoms with Gasteiger partial charge in [-0.3, -0.25) is 0 Å². The Labute approximate surface area is 139 Å². The second kappa shape index (κ2) is 9.01. The minimum absolute atomic E-state index is 0. The summed E-state index contributed by atoms with van der Waals surface area (Å²) in [6.07, 6.45) is 3.51. The molecular formula is C17H27ClN2O2. The molecule has 1 fully saturated rings. The van der Waals surface area contributed by atoms with Gasteiger partial charge in [-0.1, -0.05) is 24.1 Å². The Hall–Kier alpha value is -1.26. The van der Waals surface area contributed by atoms with E-state index < -0.39 is 0 Å². The van der Waals surface area contributed by atoms with Crippen molar-refractivity contribution in [2.24, 2.45) is 0 Å². The van der Waals surface area contributed by atoms with Crippen LogP contribution in [0.5, 0.6) is 5.75 Å². The number of hydrogen-bond acceptors (Lipinski definition) is 3. The average Bonchev–Trinajstić information content (AvgIpc) is 2.44. The summed E-state index contributed by atoms with van der Waals surface area (Å²) in [7, 11) is 0. The quantitative estimate of drug-likeness (QED) is 0.919. The largest absolute Gasteiger partial charge is 0.412 e. The van der Waals surface area contributed by atoms with Gasteiger partial charge in [-0.25, -0.2) is 4.79 Å². The molecule has 5 heteroatoms. The number of halogens is 1. The fourth-order valence-corrected chi connectivity index (χ4v) is 2.96. The van der Waals surface area contributed by atoms with Crippen molar-refractivity contribution in [1.29, 1.82) is 0 Å². The molecule has 124 valence electrons. The van der Waals surface area contributed by atoms with Crippen LogP contribution in [0.3, 0.4) is 0 Å². The number of amides is 1. The van der Waals surface area contributed by atoms with E-state index in [1.165, 1.54) is 24.8 Å². The van der Waals surface area contributed by atoms with Crippen LogP contribution in [0.2, 0.25) is 0 Å². The second-order valence-corrected chi connectivity index (χ2v) is 5.95. The normalized spacial score (nSPS) is 15.0. The Morgan fingerprint density at radius 3 is 2.32 bits per heavy atom. The fourth-order valence-electron chi connectivity index (χ4n) is 2.96. The van der Waals surface area contributed by atoms with Gasteiger partial charge in [0, 0.05) is 13.1 Å². The van der Waals surface area contributed by atoms with Crippen LogP contribution in [-0.2, 0) is 0 Å². The van der Waals surface area contributed by atoms with Crippen LogP contribution in [-0.4, -0.2) is 37.2 Å². The first kappa shape index (κ1) is 18.8. The Kier molecular flexibility index (Phi) is 7.69. The highest BCUT2D eigenvalue weighted by Gasteiger charge is 2.12. The summed E-state index contributed by atoms with van der Waals surface area (Å²) in [5, 5.41) is 2.84. The molecule has 1 aromatic rings. The second-order valence-electron chi connectivity index (χ2n) is 5.95. The van der Waals surface area contributed by atoms with Gasteiger partial charge in [0.1, 0.15) is 5.75 Å². The summed E-state index contributed by atoms with van der Waals surface area (Å²) < 4.78 is 5.45. The molecule has 0 aliphatic carbocycles. The summed E-state index contributed by atoms with van der Waals surface area (Å²) in [6.45, 7) is 9.82. The molecule has 22 heavy (non-hydrogen) atoms.